The first-order valence-corrected chi connectivity index (χ1v) is 9.73. The maximum Gasteiger partial charge on any atom is 0.244 e. The van der Waals surface area contributed by atoms with Crippen LogP contribution in [-0.4, -0.2) is 31.9 Å². The molecular weight excluding hydrogens is 292 g/mol. The maximum absolute atomic E-state index is 12.8. The third-order valence-electron chi connectivity index (χ3n) is 3.96. The summed E-state index contributed by atoms with van der Waals surface area (Å²) in [6, 6.07) is 2.36. The van der Waals surface area contributed by atoms with E-state index < -0.39 is 10.0 Å². The summed E-state index contributed by atoms with van der Waals surface area (Å²) in [6.45, 7) is 3.85. The van der Waals surface area contributed by atoms with E-state index in [2.05, 4.69) is 5.32 Å². The van der Waals surface area contributed by atoms with Gasteiger partial charge in [0.05, 0.1) is 4.90 Å². The van der Waals surface area contributed by atoms with Crippen LogP contribution in [0.4, 0.5) is 0 Å². The Morgan fingerprint density at radius 3 is 2.70 bits per heavy atom. The summed E-state index contributed by atoms with van der Waals surface area (Å²) in [5.74, 6) is 0.580. The molecule has 2 saturated carbocycles. The molecule has 0 radical (unpaired) electrons. The van der Waals surface area contributed by atoms with Gasteiger partial charge in [0.2, 0.25) is 10.0 Å². The van der Waals surface area contributed by atoms with Gasteiger partial charge in [-0.15, -0.1) is 11.3 Å². The number of rotatable bonds is 8. The van der Waals surface area contributed by atoms with Crippen LogP contribution in [0, 0.1) is 5.92 Å². The number of hydrogen-bond donors (Lipinski definition) is 1. The van der Waals surface area contributed by atoms with E-state index >= 15 is 0 Å². The van der Waals surface area contributed by atoms with E-state index in [1.54, 1.807) is 21.7 Å². The fraction of sp³-hybridized carbons (Fsp3) is 0.714. The molecule has 0 amide bonds. The number of sulfonamides is 1. The van der Waals surface area contributed by atoms with Crippen molar-refractivity contribution >= 4 is 21.4 Å². The minimum Gasteiger partial charge on any atom is -0.309 e. The van der Waals surface area contributed by atoms with Crippen molar-refractivity contribution in [2.24, 2.45) is 5.92 Å². The number of nitrogens with one attached hydrogen (secondary N) is 1. The molecular formula is C14H22N2O2S2. The third kappa shape index (κ3) is 3.24. The van der Waals surface area contributed by atoms with Crippen LogP contribution < -0.4 is 5.32 Å². The fourth-order valence-electron chi connectivity index (χ4n) is 2.34. The van der Waals surface area contributed by atoms with E-state index in [9.17, 15) is 8.42 Å². The SMILES string of the molecule is CCN(CC1CC1)S(=O)(=O)c1ccsc1CNC1CC1. The van der Waals surface area contributed by atoms with Crippen LogP contribution >= 0.6 is 11.3 Å². The Morgan fingerprint density at radius 2 is 2.10 bits per heavy atom. The van der Waals surface area contributed by atoms with Crippen molar-refractivity contribution in [3.63, 3.8) is 0 Å². The molecule has 1 aromatic rings. The second-order valence-electron chi connectivity index (χ2n) is 5.76. The molecule has 4 nitrogen and oxygen atoms in total. The molecule has 112 valence electrons. The largest absolute Gasteiger partial charge is 0.309 e. The quantitative estimate of drug-likeness (QED) is 0.802. The second-order valence-corrected chi connectivity index (χ2v) is 8.67. The number of thiophene rings is 1. The van der Waals surface area contributed by atoms with Gasteiger partial charge in [0.1, 0.15) is 0 Å². The summed E-state index contributed by atoms with van der Waals surface area (Å²) in [5, 5.41) is 5.30. The Balaban J connectivity index is 1.75. The molecule has 0 spiro atoms. The van der Waals surface area contributed by atoms with E-state index in [0.29, 0.717) is 36.5 Å². The molecule has 3 rings (SSSR count). The summed E-state index contributed by atoms with van der Waals surface area (Å²) in [5.41, 5.74) is 0. The van der Waals surface area contributed by atoms with Gasteiger partial charge in [0.15, 0.2) is 0 Å². The molecule has 2 fully saturated rings. The van der Waals surface area contributed by atoms with Crippen molar-refractivity contribution in [3.8, 4) is 0 Å². The van der Waals surface area contributed by atoms with Gasteiger partial charge in [0.25, 0.3) is 0 Å². The molecule has 2 aliphatic rings. The highest BCUT2D eigenvalue weighted by molar-refractivity contribution is 7.89. The van der Waals surface area contributed by atoms with Gasteiger partial charge < -0.3 is 5.32 Å². The van der Waals surface area contributed by atoms with Gasteiger partial charge in [-0.1, -0.05) is 6.92 Å². The predicted molar refractivity (Wildman–Crippen MR) is 81.3 cm³/mol. The Kier molecular flexibility index (Phi) is 4.17. The first-order chi connectivity index (χ1) is 9.61. The molecule has 0 unspecified atom stereocenters. The van der Waals surface area contributed by atoms with Crippen LogP contribution in [0.2, 0.25) is 0 Å². The first-order valence-electron chi connectivity index (χ1n) is 7.41. The Morgan fingerprint density at radius 1 is 1.35 bits per heavy atom. The summed E-state index contributed by atoms with van der Waals surface area (Å²) in [6.07, 6.45) is 4.78. The van der Waals surface area contributed by atoms with Crippen molar-refractivity contribution in [2.75, 3.05) is 13.1 Å². The molecule has 1 N–H and O–H groups in total. The first kappa shape index (κ1) is 14.5. The Labute approximate surface area is 125 Å². The molecule has 1 heterocycles. The topological polar surface area (TPSA) is 49.4 Å². The molecule has 0 atom stereocenters. The van der Waals surface area contributed by atoms with Crippen molar-refractivity contribution in [1.82, 2.24) is 9.62 Å². The zero-order valence-electron chi connectivity index (χ0n) is 11.8. The van der Waals surface area contributed by atoms with Gasteiger partial charge in [-0.2, -0.15) is 4.31 Å². The van der Waals surface area contributed by atoms with Crippen LogP contribution in [-0.2, 0) is 16.6 Å². The monoisotopic (exact) mass is 314 g/mol. The molecule has 0 saturated heterocycles. The average molecular weight is 314 g/mol. The van der Waals surface area contributed by atoms with E-state index in [-0.39, 0.29) is 0 Å². The zero-order valence-corrected chi connectivity index (χ0v) is 13.5. The van der Waals surface area contributed by atoms with Gasteiger partial charge in [-0.3, -0.25) is 0 Å². The van der Waals surface area contributed by atoms with Crippen LogP contribution in [0.1, 0.15) is 37.5 Å². The minimum atomic E-state index is -3.32. The van der Waals surface area contributed by atoms with Crippen molar-refractivity contribution < 1.29 is 8.42 Å². The summed E-state index contributed by atoms with van der Waals surface area (Å²) < 4.78 is 27.2. The van der Waals surface area contributed by atoms with Crippen molar-refractivity contribution in [2.45, 2.75) is 50.1 Å². The van der Waals surface area contributed by atoms with Gasteiger partial charge in [-0.25, -0.2) is 8.42 Å². The fourth-order valence-corrected chi connectivity index (χ4v) is 5.23. The molecule has 0 aromatic carbocycles. The van der Waals surface area contributed by atoms with Crippen molar-refractivity contribution in [1.29, 1.82) is 0 Å². The van der Waals surface area contributed by atoms with Crippen LogP contribution in [0.25, 0.3) is 0 Å². The maximum atomic E-state index is 12.8. The minimum absolute atomic E-state index is 0.512. The number of nitrogens with zero attached hydrogens (tertiary/aromatic N) is 1. The highest BCUT2D eigenvalue weighted by Gasteiger charge is 2.32. The lowest BCUT2D eigenvalue weighted by Gasteiger charge is -2.20. The number of hydrogen-bond acceptors (Lipinski definition) is 4. The van der Waals surface area contributed by atoms with Crippen LogP contribution in [0.3, 0.4) is 0 Å². The molecule has 2 aliphatic carbocycles. The van der Waals surface area contributed by atoms with Crippen LogP contribution in [0.15, 0.2) is 16.3 Å². The molecule has 1 aromatic heterocycles. The summed E-state index contributed by atoms with van der Waals surface area (Å²) >= 11 is 1.54. The van der Waals surface area contributed by atoms with Crippen molar-refractivity contribution in [3.05, 3.63) is 16.3 Å². The predicted octanol–water partition coefficient (Wildman–Crippen LogP) is 2.42. The smallest absolute Gasteiger partial charge is 0.244 e. The lowest BCUT2D eigenvalue weighted by atomic mass is 10.4. The second kappa shape index (κ2) is 5.75. The lowest BCUT2D eigenvalue weighted by molar-refractivity contribution is 0.411. The van der Waals surface area contributed by atoms with Crippen LogP contribution in [0.5, 0.6) is 0 Å². The molecule has 6 heteroatoms. The van der Waals surface area contributed by atoms with E-state index in [4.69, 9.17) is 0 Å². The van der Waals surface area contributed by atoms with Gasteiger partial charge in [-0.05, 0) is 43.0 Å². The van der Waals surface area contributed by atoms with E-state index in [1.165, 1.54) is 25.7 Å². The average Bonchev–Trinajstić information content (AvgIpc) is 3.34. The molecule has 20 heavy (non-hydrogen) atoms. The lowest BCUT2D eigenvalue weighted by Crippen LogP contribution is -2.33. The van der Waals surface area contributed by atoms with Gasteiger partial charge >= 0.3 is 0 Å². The van der Waals surface area contributed by atoms with E-state index in [0.717, 1.165) is 4.88 Å². The van der Waals surface area contributed by atoms with Gasteiger partial charge in [0, 0.05) is 30.6 Å². The normalized spacial score (nSPS) is 19.7. The van der Waals surface area contributed by atoms with E-state index in [1.807, 2.05) is 12.3 Å². The Hall–Kier alpha value is -0.430. The third-order valence-corrected chi connectivity index (χ3v) is 7.04. The Bertz CT molecular complexity index is 559. The summed E-state index contributed by atoms with van der Waals surface area (Å²) in [7, 11) is -3.32. The highest BCUT2D eigenvalue weighted by Crippen LogP contribution is 2.33. The highest BCUT2D eigenvalue weighted by atomic mass is 32.2. The molecule has 0 bridgehead atoms. The standard InChI is InChI=1S/C14H22N2O2S2/c1-2-16(10-11-3-4-11)20(17,18)14-7-8-19-13(14)9-15-12-5-6-12/h7-8,11-12,15H,2-6,9-10H2,1H3. The zero-order chi connectivity index (χ0) is 14.2. The molecule has 0 aliphatic heterocycles. The summed E-state index contributed by atoms with van der Waals surface area (Å²) in [4.78, 5) is 1.46.